The highest BCUT2D eigenvalue weighted by Gasteiger charge is 2.60. The van der Waals surface area contributed by atoms with Crippen LogP contribution < -0.4 is 5.32 Å². The lowest BCUT2D eigenvalue weighted by Crippen LogP contribution is -2.48. The van der Waals surface area contributed by atoms with Crippen molar-refractivity contribution in [2.24, 2.45) is 5.92 Å². The van der Waals surface area contributed by atoms with E-state index < -0.39 is 0 Å². The lowest BCUT2D eigenvalue weighted by Gasteiger charge is -2.39. The molecule has 2 aliphatic carbocycles. The van der Waals surface area contributed by atoms with Gasteiger partial charge in [-0.2, -0.15) is 0 Å². The van der Waals surface area contributed by atoms with Gasteiger partial charge in [0, 0.05) is 6.04 Å². The minimum Gasteiger partial charge on any atom is -0.322 e. The highest BCUT2D eigenvalue weighted by atomic mass is 16.2. The molecule has 0 bridgehead atoms. The van der Waals surface area contributed by atoms with Crippen LogP contribution in [0.1, 0.15) is 65.2 Å². The molecule has 0 aromatic rings. The molecule has 3 unspecified atom stereocenters. The van der Waals surface area contributed by atoms with Crippen LogP contribution in [0.4, 0.5) is 0 Å². The van der Waals surface area contributed by atoms with Gasteiger partial charge < -0.3 is 4.90 Å². The molecule has 3 heteroatoms. The van der Waals surface area contributed by atoms with Crippen molar-refractivity contribution < 1.29 is 4.79 Å². The van der Waals surface area contributed by atoms with E-state index in [0.29, 0.717) is 24.0 Å². The average molecular weight is 250 g/mol. The fourth-order valence-electron chi connectivity index (χ4n) is 3.90. The Labute approximate surface area is 110 Å². The van der Waals surface area contributed by atoms with Gasteiger partial charge >= 0.3 is 0 Å². The van der Waals surface area contributed by atoms with Gasteiger partial charge in [0.05, 0.1) is 11.7 Å². The monoisotopic (exact) mass is 250 g/mol. The van der Waals surface area contributed by atoms with Crippen LogP contribution in [0.5, 0.6) is 0 Å². The van der Waals surface area contributed by atoms with Gasteiger partial charge in [-0.25, -0.2) is 0 Å². The van der Waals surface area contributed by atoms with Crippen molar-refractivity contribution >= 4 is 5.91 Å². The zero-order valence-electron chi connectivity index (χ0n) is 11.7. The summed E-state index contributed by atoms with van der Waals surface area (Å²) in [5.74, 6) is 1.09. The fraction of sp³-hybridized carbons (Fsp3) is 0.933. The molecule has 3 rings (SSSR count). The maximum Gasteiger partial charge on any atom is 0.244 e. The molecule has 1 N–H and O–H groups in total. The topological polar surface area (TPSA) is 32.3 Å². The van der Waals surface area contributed by atoms with Gasteiger partial charge in [-0.3, -0.25) is 10.1 Å². The lowest BCUT2D eigenvalue weighted by molar-refractivity contribution is -0.134. The van der Waals surface area contributed by atoms with Gasteiger partial charge in [0.15, 0.2) is 0 Å². The van der Waals surface area contributed by atoms with E-state index in [1.807, 2.05) is 0 Å². The number of hydrogen-bond acceptors (Lipinski definition) is 2. The molecule has 0 radical (unpaired) electrons. The van der Waals surface area contributed by atoms with Crippen molar-refractivity contribution in [3.8, 4) is 0 Å². The third-order valence-corrected chi connectivity index (χ3v) is 5.16. The van der Waals surface area contributed by atoms with Crippen LogP contribution in [0.2, 0.25) is 0 Å². The summed E-state index contributed by atoms with van der Waals surface area (Å²) in [6.45, 7) is 4.55. The predicted molar refractivity (Wildman–Crippen MR) is 72.1 cm³/mol. The molecule has 102 valence electrons. The summed E-state index contributed by atoms with van der Waals surface area (Å²) in [5, 5.41) is 3.64. The second kappa shape index (κ2) is 4.52. The number of nitrogens with zero attached hydrogens (tertiary/aromatic N) is 1. The van der Waals surface area contributed by atoms with Gasteiger partial charge in [-0.05, 0) is 38.0 Å². The standard InChI is InChI=1S/C15H26N2O/c1-3-6-13-16-15(9-10-15)14(18)17(13)12-8-5-4-7-11(12)2/h11-13,16H,3-10H2,1-2H3. The second-order valence-corrected chi connectivity index (χ2v) is 6.57. The minimum absolute atomic E-state index is 0.128. The Morgan fingerprint density at radius 3 is 2.67 bits per heavy atom. The molecule has 3 nitrogen and oxygen atoms in total. The van der Waals surface area contributed by atoms with Gasteiger partial charge in [-0.1, -0.05) is 33.1 Å². The van der Waals surface area contributed by atoms with Crippen LogP contribution in [0.3, 0.4) is 0 Å². The van der Waals surface area contributed by atoms with Crippen molar-refractivity contribution in [3.63, 3.8) is 0 Å². The van der Waals surface area contributed by atoms with E-state index in [9.17, 15) is 4.79 Å². The number of amides is 1. The van der Waals surface area contributed by atoms with Gasteiger partial charge in [0.2, 0.25) is 5.91 Å². The summed E-state index contributed by atoms with van der Waals surface area (Å²) in [7, 11) is 0. The molecule has 0 aromatic heterocycles. The van der Waals surface area contributed by atoms with Crippen LogP contribution in [0, 0.1) is 5.92 Å². The van der Waals surface area contributed by atoms with E-state index in [4.69, 9.17) is 0 Å². The van der Waals surface area contributed by atoms with Gasteiger partial charge in [0.25, 0.3) is 0 Å². The molecular formula is C15H26N2O. The van der Waals surface area contributed by atoms with Crippen LogP contribution in [-0.4, -0.2) is 28.6 Å². The zero-order chi connectivity index (χ0) is 12.8. The van der Waals surface area contributed by atoms with E-state index in [1.165, 1.54) is 25.7 Å². The quantitative estimate of drug-likeness (QED) is 0.835. The lowest BCUT2D eigenvalue weighted by atomic mass is 9.84. The molecule has 1 saturated heterocycles. The third kappa shape index (κ3) is 1.87. The largest absolute Gasteiger partial charge is 0.322 e. The third-order valence-electron chi connectivity index (χ3n) is 5.16. The second-order valence-electron chi connectivity index (χ2n) is 6.57. The smallest absolute Gasteiger partial charge is 0.244 e. The normalized spacial score (nSPS) is 38.4. The molecule has 2 saturated carbocycles. The first-order valence-electron chi connectivity index (χ1n) is 7.78. The maximum absolute atomic E-state index is 12.7. The van der Waals surface area contributed by atoms with E-state index >= 15 is 0 Å². The Morgan fingerprint density at radius 2 is 2.06 bits per heavy atom. The highest BCUT2D eigenvalue weighted by Crippen LogP contribution is 2.45. The van der Waals surface area contributed by atoms with Crippen molar-refractivity contribution in [1.29, 1.82) is 0 Å². The first-order chi connectivity index (χ1) is 8.68. The van der Waals surface area contributed by atoms with Crippen molar-refractivity contribution in [1.82, 2.24) is 10.2 Å². The molecule has 3 atom stereocenters. The summed E-state index contributed by atoms with van der Waals surface area (Å²) in [6, 6.07) is 0.496. The molecule has 1 amide bonds. The molecule has 18 heavy (non-hydrogen) atoms. The minimum atomic E-state index is -0.128. The fourth-order valence-corrected chi connectivity index (χ4v) is 3.90. The summed E-state index contributed by atoms with van der Waals surface area (Å²) in [5.41, 5.74) is -0.128. The summed E-state index contributed by atoms with van der Waals surface area (Å²) < 4.78 is 0. The number of hydrogen-bond donors (Lipinski definition) is 1. The average Bonchev–Trinajstić information content (AvgIpc) is 3.07. The van der Waals surface area contributed by atoms with E-state index in [1.54, 1.807) is 0 Å². The van der Waals surface area contributed by atoms with Gasteiger partial charge in [-0.15, -0.1) is 0 Å². The Kier molecular flexibility index (Phi) is 3.13. The van der Waals surface area contributed by atoms with Crippen molar-refractivity contribution in [2.75, 3.05) is 0 Å². The van der Waals surface area contributed by atoms with E-state index in [0.717, 1.165) is 25.7 Å². The van der Waals surface area contributed by atoms with Crippen molar-refractivity contribution in [3.05, 3.63) is 0 Å². The van der Waals surface area contributed by atoms with E-state index in [2.05, 4.69) is 24.1 Å². The Balaban J connectivity index is 1.80. The predicted octanol–water partition coefficient (Wildman–Crippen LogP) is 2.66. The zero-order valence-corrected chi connectivity index (χ0v) is 11.7. The number of carbonyl (C=O) groups is 1. The number of nitrogens with one attached hydrogen (secondary N) is 1. The molecule has 1 aliphatic heterocycles. The summed E-state index contributed by atoms with van der Waals surface area (Å²) >= 11 is 0. The molecular weight excluding hydrogens is 224 g/mol. The number of rotatable bonds is 3. The van der Waals surface area contributed by atoms with E-state index in [-0.39, 0.29) is 5.54 Å². The van der Waals surface area contributed by atoms with Gasteiger partial charge in [0.1, 0.15) is 0 Å². The molecule has 1 heterocycles. The maximum atomic E-state index is 12.7. The molecule has 3 fully saturated rings. The van der Waals surface area contributed by atoms with Crippen LogP contribution in [0.15, 0.2) is 0 Å². The SMILES string of the molecule is CCCC1NC2(CC2)C(=O)N1C1CCCCC1C. The highest BCUT2D eigenvalue weighted by molar-refractivity contribution is 5.92. The van der Waals surface area contributed by atoms with Crippen LogP contribution in [-0.2, 0) is 4.79 Å². The first-order valence-corrected chi connectivity index (χ1v) is 7.78. The number of carbonyl (C=O) groups excluding carboxylic acids is 1. The van der Waals surface area contributed by atoms with Crippen LogP contribution >= 0.6 is 0 Å². The molecule has 1 spiro atoms. The summed E-state index contributed by atoms with van der Waals surface area (Å²) in [4.78, 5) is 14.9. The molecule has 0 aromatic carbocycles. The Morgan fingerprint density at radius 1 is 1.33 bits per heavy atom. The first kappa shape index (κ1) is 12.5. The van der Waals surface area contributed by atoms with Crippen molar-refractivity contribution in [2.45, 2.75) is 83.0 Å². The summed E-state index contributed by atoms with van der Waals surface area (Å²) in [6.07, 6.45) is 9.84. The van der Waals surface area contributed by atoms with Crippen LogP contribution in [0.25, 0.3) is 0 Å². The Bertz CT molecular complexity index is 337. The molecule has 3 aliphatic rings. The Hall–Kier alpha value is -0.570.